The quantitative estimate of drug-likeness (QED) is 0.0880. The van der Waals surface area contributed by atoms with Crippen LogP contribution in [0.4, 0.5) is 0 Å². The van der Waals surface area contributed by atoms with Crippen molar-refractivity contribution in [3.63, 3.8) is 0 Å². The lowest BCUT2D eigenvalue weighted by Gasteiger charge is -2.30. The molecule has 0 heterocycles. The van der Waals surface area contributed by atoms with Crippen molar-refractivity contribution < 1.29 is 39.0 Å². The van der Waals surface area contributed by atoms with Gasteiger partial charge in [0.2, 0.25) is 29.5 Å². The van der Waals surface area contributed by atoms with Crippen molar-refractivity contribution in [2.45, 2.75) is 104 Å². The van der Waals surface area contributed by atoms with E-state index in [9.17, 15) is 39.0 Å². The summed E-state index contributed by atoms with van der Waals surface area (Å²) in [5, 5.41) is 31.7. The summed E-state index contributed by atoms with van der Waals surface area (Å²) in [5.41, 5.74) is 5.83. The van der Waals surface area contributed by atoms with Crippen molar-refractivity contribution in [1.29, 1.82) is 0 Å². The molecule has 9 N–H and O–H groups in total. The van der Waals surface area contributed by atoms with Crippen molar-refractivity contribution in [3.8, 4) is 0 Å². The summed E-state index contributed by atoms with van der Waals surface area (Å²) in [5.74, 6) is -6.10. The SMILES string of the molecule is CC[C@H](C)[C@H](NC(=O)[C@@H](NC(=O)[C@H](C)NC(=O)[C@@H](N)C(C)C)C(C)C)C(=O)N[C@H](C(=O)N[C@@H](CS)C(=O)O)[C@@H](C)O. The number of amides is 5. The van der Waals surface area contributed by atoms with Gasteiger partial charge in [0, 0.05) is 5.75 Å². The Hall–Kier alpha value is -2.91. The van der Waals surface area contributed by atoms with Gasteiger partial charge in [-0.15, -0.1) is 0 Å². The fourth-order valence-corrected chi connectivity index (χ4v) is 3.78. The first-order valence-electron chi connectivity index (χ1n) is 13.7. The highest BCUT2D eigenvalue weighted by Gasteiger charge is 2.36. The third-order valence-corrected chi connectivity index (χ3v) is 7.04. The number of aliphatic hydroxyl groups is 1. The number of nitrogens with two attached hydrogens (primary N) is 1. The van der Waals surface area contributed by atoms with E-state index in [0.717, 1.165) is 0 Å². The van der Waals surface area contributed by atoms with Crippen LogP contribution in [0.5, 0.6) is 0 Å². The third kappa shape index (κ3) is 12.2. The molecule has 0 aliphatic carbocycles. The molecular formula is C26H48N6O8S. The summed E-state index contributed by atoms with van der Waals surface area (Å²) in [6, 6.07) is -6.92. The van der Waals surface area contributed by atoms with Crippen LogP contribution in [-0.4, -0.2) is 93.8 Å². The van der Waals surface area contributed by atoms with E-state index in [0.29, 0.717) is 6.42 Å². The number of carbonyl (C=O) groups excluding carboxylic acids is 5. The van der Waals surface area contributed by atoms with Crippen LogP contribution in [0.25, 0.3) is 0 Å². The van der Waals surface area contributed by atoms with Crippen LogP contribution in [0.2, 0.25) is 0 Å². The highest BCUT2D eigenvalue weighted by atomic mass is 32.1. The highest BCUT2D eigenvalue weighted by molar-refractivity contribution is 7.80. The standard InChI is InChI=1S/C26H48N6O8S/c1-9-13(6)19(24(37)32-20(15(8)33)25(38)29-16(10-41)26(39)40)31-23(36)18(12(4)5)30-21(34)14(7)28-22(35)17(27)11(2)3/h11-20,33,41H,9-10,27H2,1-8H3,(H,28,35)(H,29,38)(H,30,34)(H,31,36)(H,32,37)(H,39,40)/t13-,14-,15+,16-,17-,18-,19-,20-/m0/s1. The zero-order valence-corrected chi connectivity index (χ0v) is 26.0. The maximum absolute atomic E-state index is 13.3. The van der Waals surface area contributed by atoms with E-state index in [1.165, 1.54) is 13.8 Å². The number of thiol groups is 1. The van der Waals surface area contributed by atoms with Crippen LogP contribution in [0.15, 0.2) is 0 Å². The largest absolute Gasteiger partial charge is 0.480 e. The molecule has 0 aliphatic rings. The first-order chi connectivity index (χ1) is 18.9. The van der Waals surface area contributed by atoms with E-state index in [4.69, 9.17) is 5.73 Å². The van der Waals surface area contributed by atoms with Gasteiger partial charge in [-0.3, -0.25) is 24.0 Å². The number of aliphatic carboxylic acids is 1. The number of rotatable bonds is 17. The van der Waals surface area contributed by atoms with Crippen molar-refractivity contribution in [3.05, 3.63) is 0 Å². The molecule has 0 rings (SSSR count). The Morgan fingerprint density at radius 3 is 1.56 bits per heavy atom. The molecule has 15 heteroatoms. The van der Waals surface area contributed by atoms with Crippen LogP contribution in [0, 0.1) is 17.8 Å². The monoisotopic (exact) mass is 604 g/mol. The molecule has 8 atom stereocenters. The summed E-state index contributed by atoms with van der Waals surface area (Å²) < 4.78 is 0. The minimum absolute atomic E-state index is 0.149. The lowest BCUT2D eigenvalue weighted by atomic mass is 9.95. The fraction of sp³-hybridized carbons (Fsp3) is 0.769. The molecule has 0 radical (unpaired) electrons. The van der Waals surface area contributed by atoms with Gasteiger partial charge in [0.1, 0.15) is 30.2 Å². The first-order valence-corrected chi connectivity index (χ1v) is 14.3. The second-order valence-electron chi connectivity index (χ2n) is 10.9. The van der Waals surface area contributed by atoms with Gasteiger partial charge in [0.25, 0.3) is 0 Å². The maximum Gasteiger partial charge on any atom is 0.327 e. The van der Waals surface area contributed by atoms with Gasteiger partial charge in [-0.05, 0) is 31.6 Å². The summed E-state index contributed by atoms with van der Waals surface area (Å²) in [6.45, 7) is 13.1. The lowest BCUT2D eigenvalue weighted by Crippen LogP contribution is -2.62. The van der Waals surface area contributed by atoms with Crippen molar-refractivity contribution in [2.24, 2.45) is 23.5 Å². The molecular weight excluding hydrogens is 556 g/mol. The highest BCUT2D eigenvalue weighted by Crippen LogP contribution is 2.12. The molecule has 0 aromatic heterocycles. The van der Waals surface area contributed by atoms with E-state index in [1.807, 2.05) is 0 Å². The first kappa shape index (κ1) is 38.1. The normalized spacial score (nSPS) is 17.2. The lowest BCUT2D eigenvalue weighted by molar-refractivity contribution is -0.142. The molecule has 0 aromatic rings. The number of aliphatic hydroxyl groups excluding tert-OH is 1. The molecule has 0 aliphatic heterocycles. The van der Waals surface area contributed by atoms with Gasteiger partial charge in [-0.25, -0.2) is 4.79 Å². The van der Waals surface area contributed by atoms with Crippen molar-refractivity contribution >= 4 is 48.1 Å². The van der Waals surface area contributed by atoms with Gasteiger partial charge < -0.3 is 42.5 Å². The molecule has 0 saturated heterocycles. The molecule has 0 unspecified atom stereocenters. The Bertz CT molecular complexity index is 932. The van der Waals surface area contributed by atoms with Gasteiger partial charge in [0.15, 0.2) is 0 Å². The van der Waals surface area contributed by atoms with Crippen LogP contribution in [-0.2, 0) is 28.8 Å². The predicted octanol–water partition coefficient (Wildman–Crippen LogP) is -1.49. The van der Waals surface area contributed by atoms with E-state index in [1.54, 1.807) is 41.5 Å². The van der Waals surface area contributed by atoms with E-state index in [-0.39, 0.29) is 11.7 Å². The van der Waals surface area contributed by atoms with Crippen LogP contribution in [0.3, 0.4) is 0 Å². The Morgan fingerprint density at radius 2 is 1.15 bits per heavy atom. The number of hydrogen-bond acceptors (Lipinski definition) is 9. The third-order valence-electron chi connectivity index (χ3n) is 6.67. The average Bonchev–Trinajstić information content (AvgIpc) is 2.89. The molecule has 0 aromatic carbocycles. The smallest absolute Gasteiger partial charge is 0.327 e. The van der Waals surface area contributed by atoms with E-state index in [2.05, 4.69) is 39.2 Å². The van der Waals surface area contributed by atoms with Gasteiger partial charge in [-0.1, -0.05) is 48.0 Å². The summed E-state index contributed by atoms with van der Waals surface area (Å²) in [4.78, 5) is 75.5. The van der Waals surface area contributed by atoms with E-state index >= 15 is 0 Å². The Morgan fingerprint density at radius 1 is 0.683 bits per heavy atom. The molecule has 0 spiro atoms. The molecule has 0 bridgehead atoms. The number of carboxylic acids is 1. The molecule has 236 valence electrons. The van der Waals surface area contributed by atoms with Crippen LogP contribution in [0.1, 0.15) is 61.8 Å². The number of carbonyl (C=O) groups is 6. The number of nitrogens with one attached hydrogen (secondary N) is 5. The second-order valence-corrected chi connectivity index (χ2v) is 11.3. The number of carboxylic acid groups (broad SMARTS) is 1. The maximum atomic E-state index is 13.3. The van der Waals surface area contributed by atoms with Gasteiger partial charge in [0.05, 0.1) is 12.1 Å². The second kappa shape index (κ2) is 17.8. The minimum Gasteiger partial charge on any atom is -0.480 e. The van der Waals surface area contributed by atoms with Gasteiger partial charge in [-0.2, -0.15) is 12.6 Å². The molecule has 0 fully saturated rings. The van der Waals surface area contributed by atoms with Crippen molar-refractivity contribution in [2.75, 3.05) is 5.75 Å². The average molecular weight is 605 g/mol. The zero-order chi connectivity index (χ0) is 32.2. The minimum atomic E-state index is -1.52. The summed E-state index contributed by atoms with van der Waals surface area (Å²) >= 11 is 3.88. The fourth-order valence-electron chi connectivity index (χ4n) is 3.53. The molecule has 5 amide bonds. The molecule has 0 saturated carbocycles. The van der Waals surface area contributed by atoms with Crippen molar-refractivity contribution in [1.82, 2.24) is 26.6 Å². The topological polar surface area (TPSA) is 229 Å². The summed E-state index contributed by atoms with van der Waals surface area (Å²) in [6.07, 6.45) is -0.951. The van der Waals surface area contributed by atoms with Gasteiger partial charge >= 0.3 is 5.97 Å². The zero-order valence-electron chi connectivity index (χ0n) is 25.1. The number of hydrogen-bond donors (Lipinski definition) is 9. The van der Waals surface area contributed by atoms with Crippen LogP contribution < -0.4 is 32.3 Å². The van der Waals surface area contributed by atoms with Crippen LogP contribution >= 0.6 is 12.6 Å². The Kier molecular flexibility index (Phi) is 16.5. The summed E-state index contributed by atoms with van der Waals surface area (Å²) in [7, 11) is 0. The Balaban J connectivity index is 5.73. The Labute approximate surface area is 247 Å². The molecule has 41 heavy (non-hydrogen) atoms. The predicted molar refractivity (Wildman–Crippen MR) is 156 cm³/mol. The molecule has 14 nitrogen and oxygen atoms in total. The van der Waals surface area contributed by atoms with E-state index < -0.39 is 89.7 Å².